The van der Waals surface area contributed by atoms with E-state index in [0.29, 0.717) is 0 Å². The number of hydrogen-bond acceptors (Lipinski definition) is 0. The third-order valence-electron chi connectivity index (χ3n) is 1.34. The first-order valence-corrected chi connectivity index (χ1v) is 7.97. The summed E-state index contributed by atoms with van der Waals surface area (Å²) in [5.74, 6) is 0. The van der Waals surface area contributed by atoms with Crippen molar-refractivity contribution in [1.29, 1.82) is 0 Å². The summed E-state index contributed by atoms with van der Waals surface area (Å²) in [7, 11) is 9.69. The fraction of sp³-hybridized carbons (Fsp3) is 1.00. The van der Waals surface area contributed by atoms with Crippen molar-refractivity contribution >= 4 is 33.5 Å². The van der Waals surface area contributed by atoms with Gasteiger partial charge in [0.05, 0.1) is 0 Å². The molecule has 0 aromatic heterocycles. The summed E-state index contributed by atoms with van der Waals surface area (Å²) >= 11 is -0.306. The molecule has 0 fully saturated rings. The van der Waals surface area contributed by atoms with E-state index < -0.39 is 0 Å². The van der Waals surface area contributed by atoms with Gasteiger partial charge in [-0.2, -0.15) is 0 Å². The van der Waals surface area contributed by atoms with Gasteiger partial charge in [-0.25, -0.2) is 0 Å². The Kier molecular flexibility index (Phi) is 23.3. The predicted molar refractivity (Wildman–Crippen MR) is 60.4 cm³/mol. The van der Waals surface area contributed by atoms with E-state index in [-0.39, 0.29) is 13.4 Å². The number of hydrogen-bond donors (Lipinski definition) is 0. The zero-order valence-corrected chi connectivity index (χ0v) is 10.7. The van der Waals surface area contributed by atoms with Crippen LogP contribution in [0.15, 0.2) is 0 Å². The van der Waals surface area contributed by atoms with Crippen LogP contribution < -0.4 is 0 Å². The minimum atomic E-state index is -0.306. The van der Waals surface area contributed by atoms with Crippen molar-refractivity contribution in [2.45, 2.75) is 39.5 Å². The van der Waals surface area contributed by atoms with Crippen molar-refractivity contribution in [2.75, 3.05) is 13.1 Å². The van der Waals surface area contributed by atoms with Gasteiger partial charge < -0.3 is 5.32 Å². The SMILES string of the molecule is CCCC[N-]CCCC.[Cl][Al+][Cl]. The van der Waals surface area contributed by atoms with Crippen molar-refractivity contribution in [1.82, 2.24) is 0 Å². The number of halogens is 2. The first kappa shape index (κ1) is 15.5. The first-order valence-electron chi connectivity index (χ1n) is 4.48. The summed E-state index contributed by atoms with van der Waals surface area (Å²) in [6, 6.07) is 0. The molecule has 0 N–H and O–H groups in total. The fourth-order valence-electron chi connectivity index (χ4n) is 0.652. The van der Waals surface area contributed by atoms with Gasteiger partial charge in [-0.05, 0) is 0 Å². The van der Waals surface area contributed by atoms with E-state index in [4.69, 9.17) is 20.1 Å². The Morgan fingerprint density at radius 3 is 1.58 bits per heavy atom. The van der Waals surface area contributed by atoms with Gasteiger partial charge in [0.15, 0.2) is 0 Å². The van der Waals surface area contributed by atoms with Crippen LogP contribution >= 0.6 is 20.1 Å². The van der Waals surface area contributed by atoms with Crippen LogP contribution in [0.2, 0.25) is 0 Å². The predicted octanol–water partition coefficient (Wildman–Crippen LogP) is 3.96. The van der Waals surface area contributed by atoms with E-state index in [1.54, 1.807) is 0 Å². The van der Waals surface area contributed by atoms with Crippen molar-refractivity contribution in [3.63, 3.8) is 0 Å². The molecule has 0 unspecified atom stereocenters. The molecular formula is C8H18AlCl2N. The van der Waals surface area contributed by atoms with Gasteiger partial charge in [0.2, 0.25) is 0 Å². The number of unbranched alkanes of at least 4 members (excludes halogenated alkanes) is 2. The van der Waals surface area contributed by atoms with Gasteiger partial charge in [-0.15, -0.1) is 13.1 Å². The summed E-state index contributed by atoms with van der Waals surface area (Å²) in [5.41, 5.74) is 0. The Hall–Kier alpha value is 1.07. The van der Waals surface area contributed by atoms with Crippen LogP contribution in [0.25, 0.3) is 5.32 Å². The quantitative estimate of drug-likeness (QED) is 0.480. The number of nitrogens with zero attached hydrogens (tertiary/aromatic N) is 1. The molecular weight excluding hydrogens is 208 g/mol. The average molecular weight is 226 g/mol. The molecule has 0 bridgehead atoms. The van der Waals surface area contributed by atoms with Crippen molar-refractivity contribution < 1.29 is 0 Å². The van der Waals surface area contributed by atoms with E-state index in [9.17, 15) is 0 Å². The summed E-state index contributed by atoms with van der Waals surface area (Å²) in [4.78, 5) is 0. The molecule has 0 aromatic rings. The van der Waals surface area contributed by atoms with Crippen LogP contribution in [-0.2, 0) is 0 Å². The molecule has 0 saturated carbocycles. The van der Waals surface area contributed by atoms with Crippen molar-refractivity contribution in [3.05, 3.63) is 5.32 Å². The Bertz CT molecular complexity index is 59.0. The fourth-order valence-corrected chi connectivity index (χ4v) is 0.652. The second-order valence-electron chi connectivity index (χ2n) is 2.46. The zero-order chi connectivity index (χ0) is 9.66. The van der Waals surface area contributed by atoms with E-state index in [1.807, 2.05) is 0 Å². The molecule has 0 amide bonds. The summed E-state index contributed by atoms with van der Waals surface area (Å²) in [5, 5.41) is 4.35. The Balaban J connectivity index is 0. The van der Waals surface area contributed by atoms with Crippen LogP contribution in [0.1, 0.15) is 39.5 Å². The van der Waals surface area contributed by atoms with Crippen LogP contribution in [0.5, 0.6) is 0 Å². The molecule has 12 heavy (non-hydrogen) atoms. The van der Waals surface area contributed by atoms with Crippen LogP contribution in [-0.4, -0.2) is 26.5 Å². The molecule has 0 aliphatic heterocycles. The summed E-state index contributed by atoms with van der Waals surface area (Å²) < 4.78 is 0. The molecule has 72 valence electrons. The Morgan fingerprint density at radius 2 is 1.33 bits per heavy atom. The van der Waals surface area contributed by atoms with Crippen LogP contribution in [0.3, 0.4) is 0 Å². The molecule has 0 saturated heterocycles. The Morgan fingerprint density at radius 1 is 1.00 bits per heavy atom. The molecule has 0 radical (unpaired) electrons. The molecule has 0 aliphatic carbocycles. The first-order chi connectivity index (χ1) is 5.83. The molecule has 0 rings (SSSR count). The van der Waals surface area contributed by atoms with E-state index >= 15 is 0 Å². The van der Waals surface area contributed by atoms with Gasteiger partial charge in [0.1, 0.15) is 0 Å². The second kappa shape index (κ2) is 18.0. The average Bonchev–Trinajstić information content (AvgIpc) is 2.06. The van der Waals surface area contributed by atoms with Gasteiger partial charge in [0.25, 0.3) is 0 Å². The molecule has 0 aromatic carbocycles. The molecule has 4 heteroatoms. The molecule has 0 heterocycles. The third-order valence-corrected chi connectivity index (χ3v) is 1.34. The van der Waals surface area contributed by atoms with Gasteiger partial charge in [-0.3, -0.25) is 0 Å². The summed E-state index contributed by atoms with van der Waals surface area (Å²) in [6.45, 7) is 6.57. The number of rotatable bonds is 6. The monoisotopic (exact) mass is 225 g/mol. The normalized spacial score (nSPS) is 8.33. The maximum atomic E-state index is 4.85. The summed E-state index contributed by atoms with van der Waals surface area (Å²) in [6.07, 6.45) is 5.08. The minimum absolute atomic E-state index is 0.306. The molecule has 0 spiro atoms. The second-order valence-corrected chi connectivity index (χ2v) is 4.60. The maximum absolute atomic E-state index is 4.85. The van der Waals surface area contributed by atoms with Gasteiger partial charge in [0, 0.05) is 0 Å². The topological polar surface area (TPSA) is 14.1 Å². The third kappa shape index (κ3) is 22.5. The van der Waals surface area contributed by atoms with Crippen LogP contribution in [0, 0.1) is 0 Å². The van der Waals surface area contributed by atoms with Gasteiger partial charge >= 0.3 is 33.5 Å². The molecule has 0 atom stereocenters. The molecule has 1 nitrogen and oxygen atoms in total. The van der Waals surface area contributed by atoms with E-state index in [2.05, 4.69) is 19.2 Å². The van der Waals surface area contributed by atoms with Crippen molar-refractivity contribution in [3.8, 4) is 0 Å². The molecule has 0 aliphatic rings. The van der Waals surface area contributed by atoms with Gasteiger partial charge in [-0.1, -0.05) is 39.5 Å². The Labute approximate surface area is 91.3 Å². The zero-order valence-electron chi connectivity index (χ0n) is 8.02. The van der Waals surface area contributed by atoms with Crippen LogP contribution in [0.4, 0.5) is 0 Å². The standard InChI is InChI=1S/C8H18N.Al.2ClH/c1-3-5-7-9-8-6-4-2;;;/h3-8H2,1-2H3;;2*1H/q-1;+3;;/p-2. The van der Waals surface area contributed by atoms with E-state index in [1.165, 1.54) is 25.7 Å². The van der Waals surface area contributed by atoms with E-state index in [0.717, 1.165) is 13.1 Å². The van der Waals surface area contributed by atoms with Crippen molar-refractivity contribution in [2.24, 2.45) is 0 Å².